The van der Waals surface area contributed by atoms with E-state index in [1.807, 2.05) is 0 Å². The molecule has 0 heterocycles. The Bertz CT molecular complexity index is 858. The number of rotatable bonds is 8. The van der Waals surface area contributed by atoms with Crippen LogP contribution in [0.5, 0.6) is 0 Å². The lowest BCUT2D eigenvalue weighted by molar-refractivity contribution is -0.142. The van der Waals surface area contributed by atoms with Gasteiger partial charge in [0.1, 0.15) is 17.9 Å². The van der Waals surface area contributed by atoms with E-state index in [1.54, 1.807) is 30.3 Å². The largest absolute Gasteiger partial charge is 0.480 e. The van der Waals surface area contributed by atoms with E-state index in [9.17, 15) is 23.9 Å². The van der Waals surface area contributed by atoms with Gasteiger partial charge in [-0.15, -0.1) is 0 Å². The van der Waals surface area contributed by atoms with Crippen molar-refractivity contribution in [3.63, 3.8) is 0 Å². The van der Waals surface area contributed by atoms with Crippen LogP contribution in [0.4, 0.5) is 4.39 Å². The third-order valence-electron chi connectivity index (χ3n) is 3.99. The quantitative estimate of drug-likeness (QED) is 0.627. The van der Waals surface area contributed by atoms with Gasteiger partial charge in [0.25, 0.3) is 0 Å². The summed E-state index contributed by atoms with van der Waals surface area (Å²) >= 11 is 5.82. The summed E-state index contributed by atoms with van der Waals surface area (Å²) in [7, 11) is 0. The van der Waals surface area contributed by atoms with E-state index in [-0.39, 0.29) is 12.8 Å². The maximum Gasteiger partial charge on any atom is 0.326 e. The molecule has 0 aliphatic rings. The molecule has 0 fully saturated rings. The van der Waals surface area contributed by atoms with Gasteiger partial charge in [0.2, 0.25) is 11.8 Å². The zero-order chi connectivity index (χ0) is 20.7. The van der Waals surface area contributed by atoms with Crippen LogP contribution in [-0.4, -0.2) is 35.0 Å². The second-order valence-electron chi connectivity index (χ2n) is 6.32. The number of carboxylic acids is 1. The molecule has 2 aromatic carbocycles. The van der Waals surface area contributed by atoms with E-state index < -0.39 is 35.7 Å². The molecule has 0 aromatic heterocycles. The zero-order valence-electron chi connectivity index (χ0n) is 15.1. The van der Waals surface area contributed by atoms with E-state index in [1.165, 1.54) is 25.1 Å². The van der Waals surface area contributed by atoms with Crippen molar-refractivity contribution in [1.29, 1.82) is 0 Å². The summed E-state index contributed by atoms with van der Waals surface area (Å²) in [6.07, 6.45) is 0.0709. The van der Waals surface area contributed by atoms with Gasteiger partial charge in [-0.05, 0) is 35.4 Å². The molecule has 0 aliphatic heterocycles. The SMILES string of the molecule is CC(=O)N[C@@H](Cc1cccc(F)c1)C(=O)N[C@H](Cc1ccc(Cl)cc1)C(=O)O. The number of carbonyl (C=O) groups is 3. The van der Waals surface area contributed by atoms with Crippen LogP contribution in [0.25, 0.3) is 0 Å². The summed E-state index contributed by atoms with van der Waals surface area (Å²) in [6.45, 7) is 1.24. The Kier molecular flexibility index (Phi) is 7.52. The maximum absolute atomic E-state index is 13.4. The van der Waals surface area contributed by atoms with Crippen LogP contribution in [0.3, 0.4) is 0 Å². The van der Waals surface area contributed by atoms with E-state index in [4.69, 9.17) is 11.6 Å². The molecule has 2 atom stereocenters. The Morgan fingerprint density at radius 3 is 2.21 bits per heavy atom. The Labute approximate surface area is 166 Å². The second kappa shape index (κ2) is 9.85. The number of amides is 2. The smallest absolute Gasteiger partial charge is 0.326 e. The van der Waals surface area contributed by atoms with Crippen molar-refractivity contribution in [2.24, 2.45) is 0 Å². The van der Waals surface area contributed by atoms with Gasteiger partial charge in [-0.1, -0.05) is 35.9 Å². The lowest BCUT2D eigenvalue weighted by atomic mass is 10.0. The third-order valence-corrected chi connectivity index (χ3v) is 4.24. The number of nitrogens with one attached hydrogen (secondary N) is 2. The molecular weight excluding hydrogens is 387 g/mol. The molecule has 28 heavy (non-hydrogen) atoms. The number of carbonyl (C=O) groups excluding carboxylic acids is 2. The Morgan fingerprint density at radius 2 is 1.64 bits per heavy atom. The maximum atomic E-state index is 13.4. The van der Waals surface area contributed by atoms with E-state index in [2.05, 4.69) is 10.6 Å². The summed E-state index contributed by atoms with van der Waals surface area (Å²) in [5.41, 5.74) is 1.18. The molecular formula is C20H20ClFN2O4. The van der Waals surface area contributed by atoms with Crippen molar-refractivity contribution >= 4 is 29.4 Å². The first-order valence-corrected chi connectivity index (χ1v) is 8.91. The first-order valence-electron chi connectivity index (χ1n) is 8.53. The number of benzene rings is 2. The fourth-order valence-corrected chi connectivity index (χ4v) is 2.81. The minimum absolute atomic E-state index is 0.0243. The molecule has 6 nitrogen and oxygen atoms in total. The first kappa shape index (κ1) is 21.4. The van der Waals surface area contributed by atoms with Gasteiger partial charge in [0.05, 0.1) is 0 Å². The summed E-state index contributed by atoms with van der Waals surface area (Å²) in [5, 5.41) is 14.9. The molecule has 0 spiro atoms. The van der Waals surface area contributed by atoms with Gasteiger partial charge >= 0.3 is 5.97 Å². The highest BCUT2D eigenvalue weighted by atomic mass is 35.5. The van der Waals surface area contributed by atoms with Crippen LogP contribution >= 0.6 is 11.6 Å². The van der Waals surface area contributed by atoms with Crippen molar-refractivity contribution in [2.45, 2.75) is 31.8 Å². The Balaban J connectivity index is 2.12. The molecule has 0 bridgehead atoms. The van der Waals surface area contributed by atoms with Gasteiger partial charge < -0.3 is 15.7 Å². The van der Waals surface area contributed by atoms with Crippen LogP contribution in [-0.2, 0) is 27.2 Å². The third kappa shape index (κ3) is 6.66. The molecule has 3 N–H and O–H groups in total. The molecule has 0 unspecified atom stereocenters. The summed E-state index contributed by atoms with van der Waals surface area (Å²) in [6, 6.07) is 9.99. The van der Waals surface area contributed by atoms with Crippen molar-refractivity contribution in [1.82, 2.24) is 10.6 Å². The molecule has 8 heteroatoms. The van der Waals surface area contributed by atoms with Crippen LogP contribution in [0, 0.1) is 5.82 Å². The number of halogens is 2. The zero-order valence-corrected chi connectivity index (χ0v) is 15.9. The van der Waals surface area contributed by atoms with Crippen LogP contribution in [0.1, 0.15) is 18.1 Å². The minimum atomic E-state index is -1.21. The molecule has 148 valence electrons. The molecule has 2 amide bonds. The number of hydrogen-bond acceptors (Lipinski definition) is 3. The predicted octanol–water partition coefficient (Wildman–Crippen LogP) is 2.34. The normalized spacial score (nSPS) is 12.7. The second-order valence-corrected chi connectivity index (χ2v) is 6.75. The lowest BCUT2D eigenvalue weighted by Crippen LogP contribution is -2.52. The van der Waals surface area contributed by atoms with Crippen LogP contribution < -0.4 is 10.6 Å². The lowest BCUT2D eigenvalue weighted by Gasteiger charge is -2.21. The van der Waals surface area contributed by atoms with E-state index in [0.29, 0.717) is 16.1 Å². The monoisotopic (exact) mass is 406 g/mol. The van der Waals surface area contributed by atoms with Crippen LogP contribution in [0.15, 0.2) is 48.5 Å². The van der Waals surface area contributed by atoms with Gasteiger partial charge in [0.15, 0.2) is 0 Å². The van der Waals surface area contributed by atoms with Crippen molar-refractivity contribution in [2.75, 3.05) is 0 Å². The first-order chi connectivity index (χ1) is 13.2. The minimum Gasteiger partial charge on any atom is -0.480 e. The molecule has 0 aliphatic carbocycles. The fraction of sp³-hybridized carbons (Fsp3) is 0.250. The van der Waals surface area contributed by atoms with Gasteiger partial charge in [0, 0.05) is 24.8 Å². The summed E-state index contributed by atoms with van der Waals surface area (Å²) < 4.78 is 13.4. The number of carboxylic acid groups (broad SMARTS) is 1. The highest BCUT2D eigenvalue weighted by Crippen LogP contribution is 2.12. The highest BCUT2D eigenvalue weighted by molar-refractivity contribution is 6.30. The average molecular weight is 407 g/mol. The van der Waals surface area contributed by atoms with Gasteiger partial charge in [-0.3, -0.25) is 9.59 Å². The topological polar surface area (TPSA) is 95.5 Å². The molecule has 0 saturated heterocycles. The molecule has 2 rings (SSSR count). The average Bonchev–Trinajstić information content (AvgIpc) is 2.62. The highest BCUT2D eigenvalue weighted by Gasteiger charge is 2.26. The Morgan fingerprint density at radius 1 is 1.00 bits per heavy atom. The summed E-state index contributed by atoms with van der Waals surface area (Å²) in [4.78, 5) is 35.7. The standard InChI is InChI=1S/C20H20ClFN2O4/c1-12(25)23-17(11-14-3-2-4-16(22)9-14)19(26)24-18(20(27)28)10-13-5-7-15(21)8-6-13/h2-9,17-18H,10-11H2,1H3,(H,23,25)(H,24,26)(H,27,28)/t17-,18+/m0/s1. The van der Waals surface area contributed by atoms with Gasteiger partial charge in [-0.2, -0.15) is 0 Å². The predicted molar refractivity (Wildman–Crippen MR) is 102 cm³/mol. The molecule has 0 radical (unpaired) electrons. The van der Waals surface area contributed by atoms with Gasteiger partial charge in [-0.25, -0.2) is 9.18 Å². The number of hydrogen-bond donors (Lipinski definition) is 3. The number of aliphatic carboxylic acids is 1. The van der Waals surface area contributed by atoms with E-state index in [0.717, 1.165) is 0 Å². The van der Waals surface area contributed by atoms with E-state index >= 15 is 0 Å². The fourth-order valence-electron chi connectivity index (χ4n) is 2.68. The van der Waals surface area contributed by atoms with Crippen LogP contribution in [0.2, 0.25) is 5.02 Å². The van der Waals surface area contributed by atoms with Crippen molar-refractivity contribution in [3.05, 3.63) is 70.5 Å². The Hall–Kier alpha value is -2.93. The molecule has 0 saturated carbocycles. The van der Waals surface area contributed by atoms with Crippen molar-refractivity contribution in [3.8, 4) is 0 Å². The van der Waals surface area contributed by atoms with Crippen molar-refractivity contribution < 1.29 is 23.9 Å². The summed E-state index contributed by atoms with van der Waals surface area (Å²) in [5.74, 6) is -2.80. The molecule has 2 aromatic rings.